The molecule has 0 aliphatic carbocycles. The summed E-state index contributed by atoms with van der Waals surface area (Å²) in [5.74, 6) is 0.270. The molecule has 0 spiro atoms. The summed E-state index contributed by atoms with van der Waals surface area (Å²) >= 11 is 1.27. The molecule has 0 saturated heterocycles. The highest BCUT2D eigenvalue weighted by Crippen LogP contribution is 2.18. The number of fused-ring (bicyclic) bond motifs is 1. The van der Waals surface area contributed by atoms with Crippen LogP contribution >= 0.6 is 11.3 Å². The van der Waals surface area contributed by atoms with E-state index in [2.05, 4.69) is 5.32 Å². The second-order valence-corrected chi connectivity index (χ2v) is 6.66. The normalized spacial score (nSPS) is 10.8. The lowest BCUT2D eigenvalue weighted by atomic mass is 10.3. The van der Waals surface area contributed by atoms with Gasteiger partial charge in [0, 0.05) is 18.3 Å². The Hall–Kier alpha value is -2.87. The number of hydrogen-bond donors (Lipinski definition) is 1. The van der Waals surface area contributed by atoms with Crippen molar-refractivity contribution in [3.8, 4) is 5.75 Å². The number of rotatable bonds is 6. The van der Waals surface area contributed by atoms with Crippen molar-refractivity contribution in [2.24, 2.45) is 0 Å². The first-order valence-electron chi connectivity index (χ1n) is 8.20. The third-order valence-electron chi connectivity index (χ3n) is 3.94. The Labute approximate surface area is 153 Å². The van der Waals surface area contributed by atoms with Gasteiger partial charge in [0.05, 0.1) is 12.6 Å². The van der Waals surface area contributed by atoms with E-state index in [0.29, 0.717) is 34.6 Å². The molecule has 1 N–H and O–H groups in total. The maximum absolute atomic E-state index is 12.7. The van der Waals surface area contributed by atoms with Gasteiger partial charge in [-0.1, -0.05) is 13.0 Å². The first-order chi connectivity index (χ1) is 12.5. The number of carbonyl (C=O) groups is 1. The fraction of sp³-hybridized carbons (Fsp3) is 0.278. The summed E-state index contributed by atoms with van der Waals surface area (Å²) in [7, 11) is 1.55. The van der Waals surface area contributed by atoms with E-state index in [4.69, 9.17) is 4.74 Å². The quantitative estimate of drug-likeness (QED) is 0.719. The monoisotopic (exact) mass is 373 g/mol. The Morgan fingerprint density at radius 3 is 2.77 bits per heavy atom. The summed E-state index contributed by atoms with van der Waals surface area (Å²) in [6.07, 6.45) is 0.655. The van der Waals surface area contributed by atoms with Crippen LogP contribution in [0.3, 0.4) is 0 Å². The summed E-state index contributed by atoms with van der Waals surface area (Å²) in [6, 6.07) is 8.66. The Balaban J connectivity index is 1.95. The van der Waals surface area contributed by atoms with Gasteiger partial charge in [-0.2, -0.15) is 0 Å². The number of thiophene rings is 1. The number of benzene rings is 1. The van der Waals surface area contributed by atoms with Gasteiger partial charge in [0.25, 0.3) is 5.56 Å². The molecule has 3 aromatic rings. The minimum Gasteiger partial charge on any atom is -0.497 e. The first kappa shape index (κ1) is 17.9. The van der Waals surface area contributed by atoms with Gasteiger partial charge in [0.15, 0.2) is 0 Å². The maximum Gasteiger partial charge on any atom is 0.332 e. The number of amides is 1. The average molecular weight is 373 g/mol. The van der Waals surface area contributed by atoms with E-state index in [-0.39, 0.29) is 18.0 Å². The number of carbonyl (C=O) groups excluding carboxylic acids is 1. The number of nitrogens with one attached hydrogen (secondary N) is 1. The van der Waals surface area contributed by atoms with E-state index in [1.54, 1.807) is 42.8 Å². The van der Waals surface area contributed by atoms with Crippen molar-refractivity contribution in [2.45, 2.75) is 26.4 Å². The summed E-state index contributed by atoms with van der Waals surface area (Å²) in [4.78, 5) is 37.6. The predicted molar refractivity (Wildman–Crippen MR) is 102 cm³/mol. The number of hydrogen-bond acceptors (Lipinski definition) is 5. The Kier molecular flexibility index (Phi) is 5.22. The molecule has 0 fully saturated rings. The lowest BCUT2D eigenvalue weighted by molar-refractivity contribution is -0.116. The zero-order chi connectivity index (χ0) is 18.7. The first-order valence-corrected chi connectivity index (χ1v) is 9.08. The minimum absolute atomic E-state index is 0.173. The predicted octanol–water partition coefficient (Wildman–Crippen LogP) is 2.28. The molecule has 2 heterocycles. The molecule has 26 heavy (non-hydrogen) atoms. The zero-order valence-corrected chi connectivity index (χ0v) is 15.3. The van der Waals surface area contributed by atoms with Gasteiger partial charge in [0.2, 0.25) is 5.91 Å². The van der Waals surface area contributed by atoms with Crippen molar-refractivity contribution in [3.63, 3.8) is 0 Å². The van der Waals surface area contributed by atoms with Gasteiger partial charge in [-0.05, 0) is 30.0 Å². The summed E-state index contributed by atoms with van der Waals surface area (Å²) < 4.78 is 8.15. The minimum atomic E-state index is -0.469. The molecule has 8 heteroatoms. The molecule has 2 aromatic heterocycles. The largest absolute Gasteiger partial charge is 0.497 e. The molecule has 1 amide bonds. The van der Waals surface area contributed by atoms with Gasteiger partial charge in [-0.15, -0.1) is 11.3 Å². The van der Waals surface area contributed by atoms with Crippen LogP contribution in [0.15, 0.2) is 45.3 Å². The van der Waals surface area contributed by atoms with E-state index >= 15 is 0 Å². The molecule has 1 aromatic carbocycles. The van der Waals surface area contributed by atoms with Gasteiger partial charge < -0.3 is 10.1 Å². The van der Waals surface area contributed by atoms with Crippen LogP contribution in [0.5, 0.6) is 5.75 Å². The van der Waals surface area contributed by atoms with E-state index in [0.717, 1.165) is 0 Å². The van der Waals surface area contributed by atoms with Crippen molar-refractivity contribution in [3.05, 3.63) is 56.5 Å². The van der Waals surface area contributed by atoms with Crippen LogP contribution in [0.2, 0.25) is 0 Å². The number of anilines is 1. The van der Waals surface area contributed by atoms with Crippen LogP contribution in [0, 0.1) is 0 Å². The maximum atomic E-state index is 12.7. The third kappa shape index (κ3) is 3.41. The Bertz CT molecular complexity index is 1060. The van der Waals surface area contributed by atoms with Gasteiger partial charge in [0.1, 0.15) is 17.0 Å². The van der Waals surface area contributed by atoms with E-state index in [1.807, 2.05) is 6.92 Å². The van der Waals surface area contributed by atoms with Gasteiger partial charge in [-0.3, -0.25) is 18.7 Å². The van der Waals surface area contributed by atoms with Crippen LogP contribution in [0.4, 0.5) is 5.69 Å². The summed E-state index contributed by atoms with van der Waals surface area (Å²) in [5, 5.41) is 4.50. The molecule has 0 aliphatic heterocycles. The molecule has 0 saturated carbocycles. The van der Waals surface area contributed by atoms with Crippen molar-refractivity contribution in [2.75, 3.05) is 12.4 Å². The number of methoxy groups -OCH3 is 1. The molecule has 7 nitrogen and oxygen atoms in total. The Morgan fingerprint density at radius 1 is 1.23 bits per heavy atom. The number of aromatic nitrogens is 2. The van der Waals surface area contributed by atoms with Crippen molar-refractivity contribution >= 4 is 33.1 Å². The molecule has 136 valence electrons. The second kappa shape index (κ2) is 7.57. The molecular weight excluding hydrogens is 354 g/mol. The van der Waals surface area contributed by atoms with Crippen LogP contribution in [0.1, 0.15) is 13.3 Å². The van der Waals surface area contributed by atoms with E-state index < -0.39 is 5.69 Å². The molecular formula is C18H19N3O4S. The highest BCUT2D eigenvalue weighted by atomic mass is 32.1. The van der Waals surface area contributed by atoms with Crippen molar-refractivity contribution < 1.29 is 9.53 Å². The fourth-order valence-electron chi connectivity index (χ4n) is 2.75. The standard InChI is InChI=1S/C18H19N3O4S/c1-3-8-20-17(23)16-14(7-9-26-16)21(18(20)24)11-15(22)19-12-5-4-6-13(10-12)25-2/h4-7,9-10H,3,8,11H2,1-2H3,(H,19,22). The summed E-state index contributed by atoms with van der Waals surface area (Å²) in [5.41, 5.74) is 0.291. The van der Waals surface area contributed by atoms with Crippen molar-refractivity contribution in [1.82, 2.24) is 9.13 Å². The van der Waals surface area contributed by atoms with Crippen LogP contribution in [-0.2, 0) is 17.9 Å². The average Bonchev–Trinajstić information content (AvgIpc) is 3.12. The fourth-order valence-corrected chi connectivity index (χ4v) is 3.59. The third-order valence-corrected chi connectivity index (χ3v) is 4.83. The van der Waals surface area contributed by atoms with Crippen LogP contribution < -0.4 is 21.3 Å². The molecule has 3 rings (SSSR count). The van der Waals surface area contributed by atoms with Crippen molar-refractivity contribution in [1.29, 1.82) is 0 Å². The highest BCUT2D eigenvalue weighted by Gasteiger charge is 2.16. The van der Waals surface area contributed by atoms with Crippen LogP contribution in [0.25, 0.3) is 10.2 Å². The second-order valence-electron chi connectivity index (χ2n) is 5.74. The van der Waals surface area contributed by atoms with E-state index in [9.17, 15) is 14.4 Å². The Morgan fingerprint density at radius 2 is 2.04 bits per heavy atom. The smallest absolute Gasteiger partial charge is 0.332 e. The lowest BCUT2D eigenvalue weighted by Gasteiger charge is -2.12. The molecule has 0 aliphatic rings. The number of ether oxygens (including phenoxy) is 1. The number of nitrogens with zero attached hydrogens (tertiary/aromatic N) is 2. The highest BCUT2D eigenvalue weighted by molar-refractivity contribution is 7.17. The molecule has 0 radical (unpaired) electrons. The van der Waals surface area contributed by atoms with Crippen LogP contribution in [-0.4, -0.2) is 22.2 Å². The zero-order valence-electron chi connectivity index (χ0n) is 14.5. The topological polar surface area (TPSA) is 82.3 Å². The van der Waals surface area contributed by atoms with Gasteiger partial charge >= 0.3 is 5.69 Å². The van der Waals surface area contributed by atoms with Gasteiger partial charge in [-0.25, -0.2) is 4.79 Å². The molecule has 0 bridgehead atoms. The summed E-state index contributed by atoms with van der Waals surface area (Å²) in [6.45, 7) is 2.04. The van der Waals surface area contributed by atoms with E-state index in [1.165, 1.54) is 20.5 Å². The molecule has 0 unspecified atom stereocenters. The molecule has 0 atom stereocenters. The SMILES string of the molecule is CCCn1c(=O)c2sccc2n(CC(=O)Nc2cccc(OC)c2)c1=O. The lowest BCUT2D eigenvalue weighted by Crippen LogP contribution is -2.41.